The maximum absolute atomic E-state index is 12.9. The number of carbonyl (C=O) groups excluding carboxylic acids is 1. The molecule has 2 heterocycles. The molecular weight excluding hydrogens is 288 g/mol. The van der Waals surface area contributed by atoms with Gasteiger partial charge < -0.3 is 14.4 Å². The summed E-state index contributed by atoms with van der Waals surface area (Å²) in [6.07, 6.45) is 2.93. The third kappa shape index (κ3) is 1.93. The van der Waals surface area contributed by atoms with Gasteiger partial charge in [0.05, 0.1) is 29.4 Å². The number of rotatable bonds is 3. The van der Waals surface area contributed by atoms with E-state index in [1.165, 1.54) is 12.1 Å². The fraction of sp³-hybridized carbons (Fsp3) is 0.533. The smallest absolute Gasteiger partial charge is 0.292 e. The van der Waals surface area contributed by atoms with Crippen molar-refractivity contribution in [2.75, 3.05) is 24.7 Å². The van der Waals surface area contributed by atoms with Crippen LogP contribution in [0.1, 0.15) is 24.8 Å². The van der Waals surface area contributed by atoms with Crippen molar-refractivity contribution in [3.05, 3.63) is 33.9 Å². The number of fused-ring (bicyclic) bond motifs is 2. The summed E-state index contributed by atoms with van der Waals surface area (Å²) in [4.78, 5) is 25.1. The van der Waals surface area contributed by atoms with Crippen molar-refractivity contribution in [3.63, 3.8) is 0 Å². The van der Waals surface area contributed by atoms with E-state index >= 15 is 0 Å². The zero-order valence-corrected chi connectivity index (χ0v) is 12.0. The summed E-state index contributed by atoms with van der Waals surface area (Å²) in [5.41, 5.74) is 1.08. The molecule has 1 saturated carbocycles. The summed E-state index contributed by atoms with van der Waals surface area (Å²) >= 11 is 0. The molecule has 0 atom stereocenters. The minimum Gasteiger partial charge on any atom is -0.338 e. The van der Waals surface area contributed by atoms with Crippen LogP contribution in [0.2, 0.25) is 0 Å². The molecule has 22 heavy (non-hydrogen) atoms. The molecule has 0 unspecified atom stereocenters. The highest BCUT2D eigenvalue weighted by Gasteiger charge is 2.56. The summed E-state index contributed by atoms with van der Waals surface area (Å²) in [5, 5.41) is 11.0. The molecule has 0 bridgehead atoms. The second kappa shape index (κ2) is 4.76. The van der Waals surface area contributed by atoms with Crippen molar-refractivity contribution in [2.24, 2.45) is 5.92 Å². The van der Waals surface area contributed by atoms with Gasteiger partial charge in [0, 0.05) is 18.7 Å². The highest BCUT2D eigenvalue weighted by atomic mass is 16.7. The Bertz CT molecular complexity index is 649. The first-order valence-electron chi connectivity index (χ1n) is 7.50. The fourth-order valence-corrected chi connectivity index (χ4v) is 3.09. The summed E-state index contributed by atoms with van der Waals surface area (Å²) in [7, 11) is 0. The Kier molecular flexibility index (Phi) is 2.95. The van der Waals surface area contributed by atoms with Crippen molar-refractivity contribution in [3.8, 4) is 0 Å². The van der Waals surface area contributed by atoms with Crippen molar-refractivity contribution < 1.29 is 19.2 Å². The van der Waals surface area contributed by atoms with Crippen LogP contribution in [0.4, 0.5) is 11.4 Å². The van der Waals surface area contributed by atoms with Crippen LogP contribution in [-0.2, 0) is 20.1 Å². The zero-order valence-electron chi connectivity index (χ0n) is 12.0. The minimum atomic E-state index is -1.49. The second-order valence-corrected chi connectivity index (χ2v) is 5.98. The molecule has 1 aromatic carbocycles. The summed E-state index contributed by atoms with van der Waals surface area (Å²) in [5.74, 6) is -1.24. The van der Waals surface area contributed by atoms with Crippen molar-refractivity contribution in [1.29, 1.82) is 0 Å². The summed E-state index contributed by atoms with van der Waals surface area (Å²) < 4.78 is 11.4. The number of hydrogen-bond acceptors (Lipinski definition) is 5. The van der Waals surface area contributed by atoms with Crippen molar-refractivity contribution in [1.82, 2.24) is 0 Å². The van der Waals surface area contributed by atoms with Crippen LogP contribution in [0, 0.1) is 16.0 Å². The summed E-state index contributed by atoms with van der Waals surface area (Å²) in [6, 6.07) is 4.46. The molecule has 1 spiro atoms. The van der Waals surface area contributed by atoms with Crippen LogP contribution in [0.3, 0.4) is 0 Å². The number of amides is 1. The van der Waals surface area contributed by atoms with Gasteiger partial charge in [0.15, 0.2) is 0 Å². The lowest BCUT2D eigenvalue weighted by Crippen LogP contribution is -2.47. The lowest BCUT2D eigenvalue weighted by atomic mass is 10.1. The van der Waals surface area contributed by atoms with Crippen molar-refractivity contribution >= 4 is 17.3 Å². The Balaban J connectivity index is 1.82. The largest absolute Gasteiger partial charge is 0.338 e. The normalized spacial score (nSPS) is 22.9. The van der Waals surface area contributed by atoms with E-state index in [9.17, 15) is 14.9 Å². The highest BCUT2D eigenvalue weighted by molar-refractivity contribution is 6.06. The van der Waals surface area contributed by atoms with Gasteiger partial charge in [-0.15, -0.1) is 0 Å². The molecular formula is C15H16N2O5. The lowest BCUT2D eigenvalue weighted by Gasteiger charge is -2.32. The number of non-ortho nitro benzene ring substituents is 1. The quantitative estimate of drug-likeness (QED) is 0.629. The van der Waals surface area contributed by atoms with E-state index in [1.807, 2.05) is 0 Å². The number of nitro benzene ring substituents is 1. The summed E-state index contributed by atoms with van der Waals surface area (Å²) in [6.45, 7) is 1.44. The molecule has 7 heteroatoms. The first kappa shape index (κ1) is 13.7. The van der Waals surface area contributed by atoms with E-state index in [0.29, 0.717) is 43.3 Å². The molecule has 1 saturated heterocycles. The first-order chi connectivity index (χ1) is 10.6. The number of anilines is 1. The van der Waals surface area contributed by atoms with Gasteiger partial charge in [-0.25, -0.2) is 0 Å². The number of ether oxygens (including phenoxy) is 2. The molecule has 4 rings (SSSR count). The van der Waals surface area contributed by atoms with Crippen LogP contribution in [0.25, 0.3) is 0 Å². The van der Waals surface area contributed by atoms with E-state index in [1.54, 1.807) is 11.0 Å². The predicted molar refractivity (Wildman–Crippen MR) is 76.4 cm³/mol. The third-order valence-electron chi connectivity index (χ3n) is 4.40. The van der Waals surface area contributed by atoms with E-state index < -0.39 is 10.7 Å². The van der Waals surface area contributed by atoms with E-state index in [4.69, 9.17) is 9.47 Å². The van der Waals surface area contributed by atoms with Crippen LogP contribution >= 0.6 is 0 Å². The number of nitro groups is 1. The Morgan fingerprint density at radius 3 is 2.68 bits per heavy atom. The van der Waals surface area contributed by atoms with Crippen LogP contribution < -0.4 is 4.90 Å². The standard InChI is InChI=1S/C15H16N2O5/c18-14-15(21-6-1-7-22-15)12-8-11(17(19)20)4-5-13(12)16(14)9-10-2-3-10/h4-5,8,10H,1-3,6-7,9H2. The van der Waals surface area contributed by atoms with Gasteiger partial charge in [-0.05, 0) is 31.2 Å². The van der Waals surface area contributed by atoms with Crippen molar-refractivity contribution in [2.45, 2.75) is 25.0 Å². The molecule has 0 aromatic heterocycles. The Morgan fingerprint density at radius 2 is 2.05 bits per heavy atom. The number of hydrogen-bond donors (Lipinski definition) is 0. The second-order valence-electron chi connectivity index (χ2n) is 5.98. The molecule has 0 N–H and O–H groups in total. The maximum atomic E-state index is 12.9. The van der Waals surface area contributed by atoms with Gasteiger partial charge in [0.1, 0.15) is 0 Å². The van der Waals surface area contributed by atoms with E-state index in [0.717, 1.165) is 12.8 Å². The van der Waals surface area contributed by atoms with E-state index in [2.05, 4.69) is 0 Å². The maximum Gasteiger partial charge on any atom is 0.292 e. The molecule has 116 valence electrons. The Morgan fingerprint density at radius 1 is 1.32 bits per heavy atom. The van der Waals surface area contributed by atoms with Gasteiger partial charge >= 0.3 is 0 Å². The van der Waals surface area contributed by atoms with Gasteiger partial charge in [-0.3, -0.25) is 14.9 Å². The Hall–Kier alpha value is -1.99. The molecule has 1 aliphatic carbocycles. The Labute approximate surface area is 126 Å². The minimum absolute atomic E-state index is 0.0584. The van der Waals surface area contributed by atoms with Gasteiger partial charge in [0.2, 0.25) is 0 Å². The number of nitrogens with zero attached hydrogens (tertiary/aromatic N) is 2. The fourth-order valence-electron chi connectivity index (χ4n) is 3.09. The molecule has 2 aliphatic heterocycles. The molecule has 2 fully saturated rings. The average Bonchev–Trinajstić information content (AvgIpc) is 3.33. The van der Waals surface area contributed by atoms with Crippen LogP contribution in [-0.4, -0.2) is 30.6 Å². The van der Waals surface area contributed by atoms with Gasteiger partial charge in [0.25, 0.3) is 17.4 Å². The molecule has 1 amide bonds. The van der Waals surface area contributed by atoms with E-state index in [-0.39, 0.29) is 11.6 Å². The molecule has 0 radical (unpaired) electrons. The topological polar surface area (TPSA) is 81.9 Å². The SMILES string of the molecule is O=C1N(CC2CC2)c2ccc([N+](=O)[O-])cc2C12OCCCO2. The molecule has 7 nitrogen and oxygen atoms in total. The number of carbonyl (C=O) groups is 1. The first-order valence-corrected chi connectivity index (χ1v) is 7.50. The number of benzene rings is 1. The molecule has 3 aliphatic rings. The monoisotopic (exact) mass is 304 g/mol. The lowest BCUT2D eigenvalue weighted by molar-refractivity contribution is -0.385. The zero-order chi connectivity index (χ0) is 15.3. The highest BCUT2D eigenvalue weighted by Crippen LogP contribution is 2.47. The molecule has 1 aromatic rings. The van der Waals surface area contributed by atoms with Crippen LogP contribution in [0.15, 0.2) is 18.2 Å². The van der Waals surface area contributed by atoms with Gasteiger partial charge in [-0.2, -0.15) is 0 Å². The van der Waals surface area contributed by atoms with Gasteiger partial charge in [-0.1, -0.05) is 0 Å². The average molecular weight is 304 g/mol. The van der Waals surface area contributed by atoms with Crippen LogP contribution in [0.5, 0.6) is 0 Å². The predicted octanol–water partition coefficient (Wildman–Crippen LogP) is 1.94. The third-order valence-corrected chi connectivity index (χ3v) is 4.40.